The van der Waals surface area contributed by atoms with Crippen LogP contribution in [0.25, 0.3) is 164 Å². The van der Waals surface area contributed by atoms with Gasteiger partial charge in [0.1, 0.15) is 16.8 Å². The first-order valence-electron chi connectivity index (χ1n) is 30.9. The average molecular weight is 1170 g/mol. The Bertz CT molecular complexity index is 5760. The average Bonchev–Trinajstić information content (AvgIpc) is 1.64. The monoisotopic (exact) mass is 1170 g/mol. The van der Waals surface area contributed by atoms with E-state index in [0.29, 0.717) is 17.5 Å². The van der Waals surface area contributed by atoms with Gasteiger partial charge in [0.05, 0.1) is 38.0 Å². The predicted molar refractivity (Wildman–Crippen MR) is 374 cm³/mol. The van der Waals surface area contributed by atoms with Crippen molar-refractivity contribution in [2.24, 2.45) is 0 Å². The molecule has 0 aliphatic heterocycles. The first-order valence-corrected chi connectivity index (χ1v) is 31.7. The van der Waals surface area contributed by atoms with Crippen LogP contribution in [0.4, 0.5) is 0 Å². The number of hydrogen-bond acceptors (Lipinski definition) is 6. The van der Waals surface area contributed by atoms with Crippen molar-refractivity contribution in [2.75, 3.05) is 0 Å². The Hall–Kier alpha value is -11.1. The van der Waals surface area contributed by atoms with E-state index in [4.69, 9.17) is 24.4 Å². The molecule has 0 N–H and O–H groups in total. The summed E-state index contributed by atoms with van der Waals surface area (Å²) in [5, 5.41) is 11.8. The summed E-state index contributed by atoms with van der Waals surface area (Å²) in [6.45, 7) is 9.28. The highest BCUT2D eigenvalue weighted by Gasteiger charge is 2.37. The van der Waals surface area contributed by atoms with Gasteiger partial charge < -0.3 is 4.42 Å². The second-order valence-electron chi connectivity index (χ2n) is 25.3. The molecule has 0 amide bonds. The number of aromatic nitrogens is 6. The lowest BCUT2D eigenvalue weighted by molar-refractivity contribution is 0.660. The number of para-hydroxylation sites is 3. The zero-order valence-corrected chi connectivity index (χ0v) is 50.6. The maximum absolute atomic E-state index is 6.54. The van der Waals surface area contributed by atoms with Crippen LogP contribution in [0.5, 0.6) is 0 Å². The van der Waals surface area contributed by atoms with Gasteiger partial charge in [-0.2, -0.15) is 0 Å². The SMILES string of the molecule is CC1(C)c2ccccc2-c2cc(-c3nc(-n4c5ccccc5c5cc6ccccc6cc54)nc4c3oc3ccccc34)ccc21.CC1(C)c2ccccc2-c2cc(-c3nc(-n4c5ccccc5c5cc6ccccc6cc54)nc4c3sc3ccccc34)ccc21. The highest BCUT2D eigenvalue weighted by molar-refractivity contribution is 7.26. The summed E-state index contributed by atoms with van der Waals surface area (Å²) in [5.74, 6) is 1.33. The van der Waals surface area contributed by atoms with Crippen molar-refractivity contribution < 1.29 is 4.42 Å². The van der Waals surface area contributed by atoms with E-state index in [2.05, 4.69) is 273 Å². The number of rotatable bonds is 4. The molecule has 2 aliphatic carbocycles. The smallest absolute Gasteiger partial charge is 0.236 e. The van der Waals surface area contributed by atoms with Crippen molar-refractivity contribution in [1.82, 2.24) is 29.1 Å². The molecule has 424 valence electrons. The number of nitrogens with zero attached hydrogens (tertiary/aromatic N) is 6. The Morgan fingerprint density at radius 3 is 1.34 bits per heavy atom. The van der Waals surface area contributed by atoms with Gasteiger partial charge in [-0.15, -0.1) is 11.3 Å². The third-order valence-corrected chi connectivity index (χ3v) is 20.8. The predicted octanol–water partition coefficient (Wildman–Crippen LogP) is 21.7. The second kappa shape index (κ2) is 18.7. The molecule has 20 rings (SSSR count). The van der Waals surface area contributed by atoms with Crippen LogP contribution < -0.4 is 0 Å². The van der Waals surface area contributed by atoms with Crippen molar-refractivity contribution in [2.45, 2.75) is 38.5 Å². The van der Waals surface area contributed by atoms with Crippen molar-refractivity contribution in [3.05, 3.63) is 277 Å². The van der Waals surface area contributed by atoms with Crippen LogP contribution in [-0.2, 0) is 10.8 Å². The van der Waals surface area contributed by atoms with E-state index in [1.165, 1.54) is 97.7 Å². The van der Waals surface area contributed by atoms with Gasteiger partial charge >= 0.3 is 0 Å². The summed E-state index contributed by atoms with van der Waals surface area (Å²) in [7, 11) is 0. The maximum atomic E-state index is 6.54. The first-order chi connectivity index (χ1) is 44.1. The number of furan rings is 1. The van der Waals surface area contributed by atoms with Gasteiger partial charge in [0, 0.05) is 59.0 Å². The van der Waals surface area contributed by atoms with E-state index in [0.717, 1.165) is 71.3 Å². The van der Waals surface area contributed by atoms with Gasteiger partial charge in [-0.25, -0.2) is 19.9 Å². The van der Waals surface area contributed by atoms with Crippen LogP contribution in [-0.4, -0.2) is 29.1 Å². The Kier molecular flexibility index (Phi) is 10.6. The summed E-state index contributed by atoms with van der Waals surface area (Å²) in [4.78, 5) is 21.5. The Morgan fingerprint density at radius 2 is 0.767 bits per heavy atom. The lowest BCUT2D eigenvalue weighted by Gasteiger charge is -2.21. The molecule has 90 heavy (non-hydrogen) atoms. The number of fused-ring (bicyclic) bond motifs is 20. The van der Waals surface area contributed by atoms with Gasteiger partial charge in [-0.05, 0) is 133 Å². The van der Waals surface area contributed by atoms with Gasteiger partial charge in [0.15, 0.2) is 5.58 Å². The van der Waals surface area contributed by atoms with Gasteiger partial charge in [-0.1, -0.05) is 216 Å². The van der Waals surface area contributed by atoms with Crippen molar-refractivity contribution >= 4 is 119 Å². The van der Waals surface area contributed by atoms with E-state index >= 15 is 0 Å². The number of hydrogen-bond donors (Lipinski definition) is 0. The number of thiophene rings is 1. The van der Waals surface area contributed by atoms with Crippen LogP contribution >= 0.6 is 11.3 Å². The zero-order chi connectivity index (χ0) is 59.7. The molecule has 0 saturated heterocycles. The Morgan fingerprint density at radius 1 is 0.333 bits per heavy atom. The Labute approximate surface area is 521 Å². The van der Waals surface area contributed by atoms with Crippen LogP contribution in [0.3, 0.4) is 0 Å². The lowest BCUT2D eigenvalue weighted by Crippen LogP contribution is -2.14. The molecule has 0 atom stereocenters. The molecule has 6 aromatic heterocycles. The molecule has 0 fully saturated rings. The standard InChI is InChI=1S/C41H27N3O.C41H27N3S/c2*1-41(2)32-16-8-5-13-27(32)30-22-26(19-20-33(30)41)37-39-38(29-15-7-10-18-36(29)45-39)43-40(42-37)44-34-17-9-6-14-28(34)31-21-24-11-3-4-12-25(24)23-35(31)44/h2*3-23H,1-2H3. The molecular formula is C82H54N6OS. The van der Waals surface area contributed by atoms with Crippen molar-refractivity contribution in [3.63, 3.8) is 0 Å². The number of benzene rings is 12. The van der Waals surface area contributed by atoms with Gasteiger partial charge in [-0.3, -0.25) is 9.13 Å². The molecule has 0 bridgehead atoms. The van der Waals surface area contributed by atoms with E-state index in [-0.39, 0.29) is 10.8 Å². The summed E-state index contributed by atoms with van der Waals surface area (Å²) in [6, 6.07) is 91.4. The molecule has 0 radical (unpaired) electrons. The molecule has 12 aromatic carbocycles. The van der Waals surface area contributed by atoms with Crippen LogP contribution in [0.2, 0.25) is 0 Å². The van der Waals surface area contributed by atoms with E-state index < -0.39 is 0 Å². The second-order valence-corrected chi connectivity index (χ2v) is 26.3. The van der Waals surface area contributed by atoms with Crippen molar-refractivity contribution in [1.29, 1.82) is 0 Å². The molecule has 0 saturated carbocycles. The van der Waals surface area contributed by atoms with Crippen LogP contribution in [0.1, 0.15) is 49.9 Å². The van der Waals surface area contributed by atoms with E-state index in [1.807, 2.05) is 18.2 Å². The lowest BCUT2D eigenvalue weighted by atomic mass is 9.82. The largest absolute Gasteiger partial charge is 0.452 e. The fourth-order valence-corrected chi connectivity index (χ4v) is 16.4. The van der Waals surface area contributed by atoms with E-state index in [9.17, 15) is 0 Å². The molecule has 7 nitrogen and oxygen atoms in total. The van der Waals surface area contributed by atoms with Gasteiger partial charge in [0.25, 0.3) is 0 Å². The fourth-order valence-electron chi connectivity index (χ4n) is 15.2. The third kappa shape index (κ3) is 7.28. The molecule has 2 aliphatic rings. The van der Waals surface area contributed by atoms with E-state index in [1.54, 1.807) is 11.3 Å². The van der Waals surface area contributed by atoms with Gasteiger partial charge in [0.2, 0.25) is 11.9 Å². The highest BCUT2D eigenvalue weighted by Crippen LogP contribution is 2.52. The minimum Gasteiger partial charge on any atom is -0.452 e. The van der Waals surface area contributed by atoms with Crippen LogP contribution in [0.15, 0.2) is 259 Å². The first kappa shape index (κ1) is 51.0. The van der Waals surface area contributed by atoms with Crippen molar-refractivity contribution in [3.8, 4) is 56.7 Å². The molecular weight excluding hydrogens is 1120 g/mol. The fraction of sp³-hybridized carbons (Fsp3) is 0.0732. The quantitative estimate of drug-likeness (QED) is 0.176. The zero-order valence-electron chi connectivity index (χ0n) is 49.7. The molecule has 6 heterocycles. The summed E-state index contributed by atoms with van der Waals surface area (Å²) < 4.78 is 13.4. The highest BCUT2D eigenvalue weighted by atomic mass is 32.1. The Balaban J connectivity index is 0.000000130. The minimum atomic E-state index is -0.0677. The summed E-state index contributed by atoms with van der Waals surface area (Å²) in [5.41, 5.74) is 22.1. The van der Waals surface area contributed by atoms with Crippen LogP contribution in [0, 0.1) is 0 Å². The topological polar surface area (TPSA) is 74.6 Å². The summed E-state index contributed by atoms with van der Waals surface area (Å²) >= 11 is 1.78. The third-order valence-electron chi connectivity index (χ3n) is 19.6. The summed E-state index contributed by atoms with van der Waals surface area (Å²) in [6.07, 6.45) is 0. The maximum Gasteiger partial charge on any atom is 0.236 e. The normalized spacial score (nSPS) is 13.7. The minimum absolute atomic E-state index is 0.0417. The molecule has 0 spiro atoms. The molecule has 0 unspecified atom stereocenters. The molecule has 8 heteroatoms. The molecule has 18 aromatic rings.